The molecule has 0 radical (unpaired) electrons. The van der Waals surface area contributed by atoms with E-state index in [1.165, 1.54) is 11.3 Å². The number of hydrogen-bond acceptors (Lipinski definition) is 6. The molecule has 1 atom stereocenters. The average Bonchev–Trinajstić information content (AvgIpc) is 3.15. The van der Waals surface area contributed by atoms with Gasteiger partial charge in [-0.3, -0.25) is 9.52 Å². The summed E-state index contributed by atoms with van der Waals surface area (Å²) < 4.78 is 31.1. The molecule has 1 aliphatic rings. The number of ether oxygens (including phenoxy) is 1. The fourth-order valence-electron chi connectivity index (χ4n) is 1.82. The maximum Gasteiger partial charge on any atom is 0.315 e. The zero-order chi connectivity index (χ0) is 14.8. The molecule has 1 aromatic rings. The molecule has 2 rings (SSSR count). The second-order valence-electron chi connectivity index (χ2n) is 4.64. The van der Waals surface area contributed by atoms with Crippen LogP contribution in [0.1, 0.15) is 44.7 Å². The van der Waals surface area contributed by atoms with Crippen LogP contribution < -0.4 is 4.72 Å². The second-order valence-corrected chi connectivity index (χ2v) is 7.46. The van der Waals surface area contributed by atoms with E-state index in [2.05, 4.69) is 9.71 Å². The van der Waals surface area contributed by atoms with Crippen molar-refractivity contribution in [2.45, 2.75) is 44.3 Å². The van der Waals surface area contributed by atoms with Gasteiger partial charge in [0.05, 0.1) is 23.5 Å². The van der Waals surface area contributed by atoms with Crippen LogP contribution in [-0.4, -0.2) is 31.2 Å². The zero-order valence-corrected chi connectivity index (χ0v) is 13.1. The average molecular weight is 318 g/mol. The van der Waals surface area contributed by atoms with Crippen molar-refractivity contribution in [3.05, 3.63) is 11.1 Å². The van der Waals surface area contributed by atoms with Gasteiger partial charge in [-0.25, -0.2) is 13.4 Å². The largest absolute Gasteiger partial charge is 0.465 e. The molecule has 0 spiro atoms. The molecule has 1 heterocycles. The van der Waals surface area contributed by atoms with Crippen molar-refractivity contribution >= 4 is 32.5 Å². The topological polar surface area (TPSA) is 85.4 Å². The number of hydrogen-bond donors (Lipinski definition) is 1. The number of sulfonamides is 1. The summed E-state index contributed by atoms with van der Waals surface area (Å²) in [7, 11) is -3.31. The normalized spacial score (nSPS) is 16.7. The Morgan fingerprint density at radius 3 is 2.80 bits per heavy atom. The standard InChI is InChI=1S/C12H18N2O4S2/c1-3-9(11(15)18-4-2)10-7-19-12(13-10)14-20(16,17)8-5-6-8/h7-9H,3-6H2,1-2H3,(H,13,14). The van der Waals surface area contributed by atoms with Crippen LogP contribution in [0.3, 0.4) is 0 Å². The van der Waals surface area contributed by atoms with Gasteiger partial charge in [0.25, 0.3) is 0 Å². The molecule has 6 nitrogen and oxygen atoms in total. The molecule has 0 bridgehead atoms. The second kappa shape index (κ2) is 6.09. The molecule has 0 aromatic carbocycles. The van der Waals surface area contributed by atoms with Crippen molar-refractivity contribution in [3.63, 3.8) is 0 Å². The molecular formula is C12H18N2O4S2. The summed E-state index contributed by atoms with van der Waals surface area (Å²) >= 11 is 1.19. The number of thiazole rings is 1. The number of esters is 1. The van der Waals surface area contributed by atoms with E-state index in [0.717, 1.165) is 0 Å². The lowest BCUT2D eigenvalue weighted by Crippen LogP contribution is -2.18. The Balaban J connectivity index is 2.09. The van der Waals surface area contributed by atoms with Gasteiger partial charge in [0.15, 0.2) is 5.13 Å². The lowest BCUT2D eigenvalue weighted by molar-refractivity contribution is -0.145. The molecule has 1 aliphatic carbocycles. The van der Waals surface area contributed by atoms with Crippen LogP contribution in [0.25, 0.3) is 0 Å². The van der Waals surface area contributed by atoms with Crippen LogP contribution >= 0.6 is 11.3 Å². The molecule has 0 amide bonds. The summed E-state index contributed by atoms with van der Waals surface area (Å²) in [5.41, 5.74) is 0.560. The smallest absolute Gasteiger partial charge is 0.315 e. The first kappa shape index (κ1) is 15.2. The first-order valence-corrected chi connectivity index (χ1v) is 9.04. The van der Waals surface area contributed by atoms with Gasteiger partial charge in [-0.1, -0.05) is 6.92 Å². The van der Waals surface area contributed by atoms with E-state index in [4.69, 9.17) is 4.74 Å². The number of anilines is 1. The van der Waals surface area contributed by atoms with Gasteiger partial charge < -0.3 is 4.74 Å². The fourth-order valence-corrected chi connectivity index (χ4v) is 4.18. The third kappa shape index (κ3) is 3.49. The van der Waals surface area contributed by atoms with Crippen molar-refractivity contribution in [2.24, 2.45) is 0 Å². The molecule has 8 heteroatoms. The Labute approximate surface area is 122 Å². The first-order valence-electron chi connectivity index (χ1n) is 6.61. The molecule has 1 fully saturated rings. The summed E-state index contributed by atoms with van der Waals surface area (Å²) in [5.74, 6) is -0.762. The van der Waals surface area contributed by atoms with Crippen molar-refractivity contribution in [3.8, 4) is 0 Å². The number of carbonyl (C=O) groups is 1. The predicted octanol–water partition coefficient (Wildman–Crippen LogP) is 2.10. The van der Waals surface area contributed by atoms with Crippen molar-refractivity contribution in [1.82, 2.24) is 4.98 Å². The van der Waals surface area contributed by atoms with Gasteiger partial charge in [-0.15, -0.1) is 11.3 Å². The Hall–Kier alpha value is -1.15. The van der Waals surface area contributed by atoms with E-state index in [9.17, 15) is 13.2 Å². The summed E-state index contributed by atoms with van der Waals surface area (Å²) in [6.07, 6.45) is 1.97. The summed E-state index contributed by atoms with van der Waals surface area (Å²) in [6.45, 7) is 3.94. The van der Waals surface area contributed by atoms with Gasteiger partial charge in [0.1, 0.15) is 0 Å². The third-order valence-electron chi connectivity index (χ3n) is 3.05. The molecule has 1 N–H and O–H groups in total. The van der Waals surface area contributed by atoms with E-state index in [1.807, 2.05) is 6.92 Å². The number of aromatic nitrogens is 1. The number of carbonyl (C=O) groups excluding carboxylic acids is 1. The van der Waals surface area contributed by atoms with Crippen LogP contribution in [-0.2, 0) is 19.6 Å². The third-order valence-corrected chi connectivity index (χ3v) is 5.78. The summed E-state index contributed by atoms with van der Waals surface area (Å²) in [6, 6.07) is 0. The lowest BCUT2D eigenvalue weighted by atomic mass is 10.0. The Kier molecular flexibility index (Phi) is 4.64. The highest BCUT2D eigenvalue weighted by Crippen LogP contribution is 2.31. The van der Waals surface area contributed by atoms with Crippen LogP contribution in [0.5, 0.6) is 0 Å². The fraction of sp³-hybridized carbons (Fsp3) is 0.667. The maximum atomic E-state index is 11.8. The van der Waals surface area contributed by atoms with Crippen LogP contribution in [0.2, 0.25) is 0 Å². The minimum absolute atomic E-state index is 0.290. The van der Waals surface area contributed by atoms with E-state index in [0.29, 0.717) is 36.7 Å². The highest BCUT2D eigenvalue weighted by molar-refractivity contribution is 7.93. The highest BCUT2D eigenvalue weighted by atomic mass is 32.2. The summed E-state index contributed by atoms with van der Waals surface area (Å²) in [4.78, 5) is 16.0. The van der Waals surface area contributed by atoms with Crippen LogP contribution in [0.4, 0.5) is 5.13 Å². The molecule has 20 heavy (non-hydrogen) atoms. The lowest BCUT2D eigenvalue weighted by Gasteiger charge is -2.10. The number of nitrogens with one attached hydrogen (secondary N) is 1. The van der Waals surface area contributed by atoms with E-state index >= 15 is 0 Å². The van der Waals surface area contributed by atoms with Crippen molar-refractivity contribution in [1.29, 1.82) is 0 Å². The van der Waals surface area contributed by atoms with E-state index in [-0.39, 0.29) is 11.2 Å². The Bertz CT molecular complexity index is 578. The molecule has 1 aromatic heterocycles. The van der Waals surface area contributed by atoms with Crippen molar-refractivity contribution < 1.29 is 17.9 Å². The number of rotatable bonds is 7. The molecule has 0 aliphatic heterocycles. The first-order chi connectivity index (χ1) is 9.47. The van der Waals surface area contributed by atoms with Gasteiger partial charge in [-0.2, -0.15) is 0 Å². The van der Waals surface area contributed by atoms with Crippen molar-refractivity contribution in [2.75, 3.05) is 11.3 Å². The predicted molar refractivity (Wildman–Crippen MR) is 77.3 cm³/mol. The van der Waals surface area contributed by atoms with Gasteiger partial charge in [0.2, 0.25) is 10.0 Å². The van der Waals surface area contributed by atoms with Gasteiger partial charge in [0, 0.05) is 5.38 Å². The SMILES string of the molecule is CCOC(=O)C(CC)c1csc(NS(=O)(=O)C2CC2)n1. The number of nitrogens with zero attached hydrogens (tertiary/aromatic N) is 1. The minimum Gasteiger partial charge on any atom is -0.465 e. The van der Waals surface area contributed by atoms with Gasteiger partial charge in [-0.05, 0) is 26.2 Å². The zero-order valence-electron chi connectivity index (χ0n) is 11.5. The van der Waals surface area contributed by atoms with E-state index < -0.39 is 15.9 Å². The quantitative estimate of drug-likeness (QED) is 0.778. The Morgan fingerprint density at radius 2 is 2.25 bits per heavy atom. The molecule has 112 valence electrons. The van der Waals surface area contributed by atoms with E-state index in [1.54, 1.807) is 12.3 Å². The summed E-state index contributed by atoms with van der Waals surface area (Å²) in [5, 5.41) is 1.73. The molecular weight excluding hydrogens is 300 g/mol. The Morgan fingerprint density at radius 1 is 1.55 bits per heavy atom. The van der Waals surface area contributed by atoms with Gasteiger partial charge >= 0.3 is 5.97 Å². The van der Waals surface area contributed by atoms with Crippen LogP contribution in [0, 0.1) is 0 Å². The molecule has 1 saturated carbocycles. The van der Waals surface area contributed by atoms with Crippen LogP contribution in [0.15, 0.2) is 5.38 Å². The molecule has 0 saturated heterocycles. The molecule has 1 unspecified atom stereocenters. The highest BCUT2D eigenvalue weighted by Gasteiger charge is 2.36. The maximum absolute atomic E-state index is 11.8. The monoisotopic (exact) mass is 318 g/mol. The minimum atomic E-state index is -3.31.